The third-order valence-corrected chi connectivity index (χ3v) is 14.1. The van der Waals surface area contributed by atoms with Crippen molar-refractivity contribution < 1.29 is 64.4 Å². The molecule has 3 amide bonds. The Kier molecular flexibility index (Phi) is 19.7. The molecule has 23 heteroatoms. The Labute approximate surface area is 477 Å². The maximum atomic E-state index is 13.1. The third kappa shape index (κ3) is 15.7. The molecule has 2 saturated heterocycles. The lowest BCUT2D eigenvalue weighted by Crippen LogP contribution is -2.41. The van der Waals surface area contributed by atoms with Gasteiger partial charge in [0.05, 0.1) is 49.9 Å². The van der Waals surface area contributed by atoms with E-state index in [1.54, 1.807) is 45.0 Å². The van der Waals surface area contributed by atoms with E-state index in [1.165, 1.54) is 36.4 Å². The van der Waals surface area contributed by atoms with E-state index in [4.69, 9.17) is 19.9 Å². The Bertz CT molecular complexity index is 3150. The lowest BCUT2D eigenvalue weighted by molar-refractivity contribution is -0.275. The van der Waals surface area contributed by atoms with E-state index in [-0.39, 0.29) is 54.3 Å². The molecular weight excluding hydrogens is 1100 g/mol. The second-order valence-corrected chi connectivity index (χ2v) is 21.2. The molecule has 0 spiro atoms. The summed E-state index contributed by atoms with van der Waals surface area (Å²) in [6, 6.07) is 30.8. The number of rotatable bonds is 15. The molecule has 0 aliphatic carbocycles. The number of amides is 3. The number of halogens is 7. The molecule has 0 saturated carbocycles. The zero-order chi connectivity index (χ0) is 57.5. The molecule has 4 aliphatic heterocycles. The molecule has 0 bridgehead atoms. The zero-order valence-corrected chi connectivity index (χ0v) is 46.5. The fourth-order valence-electron chi connectivity index (χ4n) is 10.6. The number of benzene rings is 4. The number of alkyl carbamates (subject to hydrolysis) is 1. The van der Waals surface area contributed by atoms with Gasteiger partial charge in [0.1, 0.15) is 28.5 Å². The van der Waals surface area contributed by atoms with Crippen molar-refractivity contribution in [3.05, 3.63) is 132 Å². The fourth-order valence-corrected chi connectivity index (χ4v) is 10.6. The Morgan fingerprint density at radius 2 is 1.02 bits per heavy atom. The van der Waals surface area contributed by atoms with E-state index in [9.17, 15) is 40.7 Å². The number of ether oxygens (including phenoxy) is 5. The zero-order valence-electron chi connectivity index (χ0n) is 45.7. The number of fused-ring (bicyclic) bond motifs is 2. The lowest BCUT2D eigenvalue weighted by atomic mass is 9.99. The van der Waals surface area contributed by atoms with Crippen LogP contribution < -0.4 is 31.2 Å². The number of nitrogens with zero attached hydrogens (tertiary/aromatic N) is 4. The molecule has 82 heavy (non-hydrogen) atoms. The highest BCUT2D eigenvalue weighted by Gasteiger charge is 2.35. The lowest BCUT2D eigenvalue weighted by Gasteiger charge is -2.29. The van der Waals surface area contributed by atoms with Crippen LogP contribution in [0.15, 0.2) is 109 Å². The number of carbonyl (C=O) groups excluding carboxylic acids is 3. The monoisotopic (exact) mass is 1160 g/mol. The van der Waals surface area contributed by atoms with Gasteiger partial charge >= 0.3 is 18.8 Å². The molecule has 4 aromatic carbocycles. The molecule has 5 N–H and O–H groups in total. The molecule has 6 aromatic rings. The summed E-state index contributed by atoms with van der Waals surface area (Å²) in [4.78, 5) is 42.9. The molecule has 0 radical (unpaired) electrons. The number of hydrogen-bond acceptors (Lipinski definition) is 11. The predicted octanol–water partition coefficient (Wildman–Crippen LogP) is 10.4. The van der Waals surface area contributed by atoms with E-state index < -0.39 is 24.4 Å². The summed E-state index contributed by atoms with van der Waals surface area (Å²) in [5.41, 5.74) is 13.7. The van der Waals surface area contributed by atoms with Crippen LogP contribution in [0.25, 0.3) is 44.8 Å². The van der Waals surface area contributed by atoms with Gasteiger partial charge in [0.25, 0.3) is 11.8 Å². The van der Waals surface area contributed by atoms with Gasteiger partial charge < -0.3 is 54.5 Å². The number of carbonyl (C=O) groups is 3. The minimum atomic E-state index is -4.84. The van der Waals surface area contributed by atoms with Crippen LogP contribution in [-0.4, -0.2) is 134 Å². The maximum absolute atomic E-state index is 13.1. The van der Waals surface area contributed by atoms with Gasteiger partial charge in [-0.3, -0.25) is 19.4 Å². The average Bonchev–Trinajstić information content (AvgIpc) is 3.42. The van der Waals surface area contributed by atoms with E-state index in [0.29, 0.717) is 85.0 Å². The Hall–Kier alpha value is -7.08. The smallest absolute Gasteiger partial charge is 0.444 e. The van der Waals surface area contributed by atoms with Gasteiger partial charge in [0.15, 0.2) is 0 Å². The Morgan fingerprint density at radius 3 is 1.41 bits per heavy atom. The van der Waals surface area contributed by atoms with Gasteiger partial charge in [-0.05, 0) is 110 Å². The molecule has 440 valence electrons. The minimum absolute atomic E-state index is 0. The van der Waals surface area contributed by atoms with Gasteiger partial charge in [-0.1, -0.05) is 72.8 Å². The average molecular weight is 1170 g/mol. The number of alkyl halides is 6. The van der Waals surface area contributed by atoms with Crippen LogP contribution in [0.2, 0.25) is 0 Å². The van der Waals surface area contributed by atoms with Gasteiger partial charge in [0.2, 0.25) is 0 Å². The second kappa shape index (κ2) is 26.4. The molecular formula is C59H67ClF6N8O8. The number of morpholine rings is 2. The second-order valence-electron chi connectivity index (χ2n) is 21.2. The van der Waals surface area contributed by atoms with Gasteiger partial charge in [-0.2, -0.15) is 0 Å². The first-order chi connectivity index (χ1) is 38.7. The number of aromatic nitrogens is 2. The molecule has 0 unspecified atom stereocenters. The Balaban J connectivity index is 0.000000215. The van der Waals surface area contributed by atoms with Crippen molar-refractivity contribution in [1.82, 2.24) is 34.9 Å². The van der Waals surface area contributed by atoms with E-state index in [1.807, 2.05) is 45.5 Å². The van der Waals surface area contributed by atoms with Crippen molar-refractivity contribution in [2.24, 2.45) is 5.73 Å². The summed E-state index contributed by atoms with van der Waals surface area (Å²) in [5, 5.41) is 8.60. The van der Waals surface area contributed by atoms with Crippen molar-refractivity contribution >= 4 is 30.3 Å². The summed E-state index contributed by atoms with van der Waals surface area (Å²) in [5.74, 6) is -1.19. The predicted molar refractivity (Wildman–Crippen MR) is 299 cm³/mol. The largest absolute Gasteiger partial charge is 0.573 e. The maximum Gasteiger partial charge on any atom is 0.573 e. The van der Waals surface area contributed by atoms with Crippen molar-refractivity contribution in [2.45, 2.75) is 77.1 Å². The molecule has 6 heterocycles. The SMILES string of the molecule is CC(C)(C)OC(=O)NCC[C@H]1CNC(=O)c2cc(-c3cccc(OC(F)(F)F)c3)c(-c3ccc(CN4CCOCC4)cc3)n21.Cl.NCC[C@H]1CNC(=O)c2cc(-c3cccc(OC(F)(F)F)c3)c(-c3ccc(CN4CCOCC4)cc3)n21. The van der Waals surface area contributed by atoms with Gasteiger partial charge in [-0.15, -0.1) is 38.7 Å². The highest BCUT2D eigenvalue weighted by atomic mass is 35.5. The molecule has 16 nitrogen and oxygen atoms in total. The molecule has 2 aromatic heterocycles. The van der Waals surface area contributed by atoms with Crippen molar-refractivity contribution in [3.8, 4) is 56.3 Å². The van der Waals surface area contributed by atoms with Crippen LogP contribution in [0.1, 0.15) is 77.8 Å². The van der Waals surface area contributed by atoms with Crippen LogP contribution in [-0.2, 0) is 27.3 Å². The standard InChI is InChI=1S/C32H37F3N4O5.C27H29F3N4O3.ClH/c1-31(2,3)44-30(41)36-12-11-24-19-37-29(40)27-18-26(23-5-4-6-25(17-23)43-32(33,34)35)28(39(24)27)22-9-7-21(8-10-22)20-38-13-15-42-16-14-38;28-27(29,30)37-22-3-1-2-20(14-22)23-15-24-26(35)32-16-21(8-9-31)34(24)25(23)19-6-4-18(5-7-19)17-33-10-12-36-13-11-33;/h4-10,17-18,24H,11-16,19-20H2,1-3H3,(H,36,41)(H,37,40);1-7,14-15,21H,8-13,16-17,31H2,(H,32,35);1H/t24-;21-;/m00./s1. The topological polar surface area (TPSA) is 176 Å². The van der Waals surface area contributed by atoms with E-state index in [0.717, 1.165) is 80.4 Å². The van der Waals surface area contributed by atoms with Gasteiger partial charge in [-0.25, -0.2) is 4.79 Å². The first-order valence-electron chi connectivity index (χ1n) is 26.9. The summed E-state index contributed by atoms with van der Waals surface area (Å²) in [6.45, 7) is 14.7. The molecule has 4 aliphatic rings. The first kappa shape index (κ1) is 61.0. The van der Waals surface area contributed by atoms with Crippen LogP contribution >= 0.6 is 12.4 Å². The number of nitrogens with one attached hydrogen (secondary N) is 3. The number of hydrogen-bond donors (Lipinski definition) is 4. The summed E-state index contributed by atoms with van der Waals surface area (Å²) >= 11 is 0. The van der Waals surface area contributed by atoms with E-state index >= 15 is 0 Å². The van der Waals surface area contributed by atoms with Crippen molar-refractivity contribution in [3.63, 3.8) is 0 Å². The van der Waals surface area contributed by atoms with Crippen LogP contribution in [0, 0.1) is 0 Å². The third-order valence-electron chi connectivity index (χ3n) is 14.1. The molecule has 2 fully saturated rings. The fraction of sp³-hybridized carbons (Fsp3) is 0.407. The summed E-state index contributed by atoms with van der Waals surface area (Å²) in [6.07, 6.45) is -9.07. The summed E-state index contributed by atoms with van der Waals surface area (Å²) < 4.78 is 106. The van der Waals surface area contributed by atoms with Gasteiger partial charge in [0, 0.05) is 70.0 Å². The quantitative estimate of drug-likeness (QED) is 0.0720. The molecule has 10 rings (SSSR count). The van der Waals surface area contributed by atoms with Crippen LogP contribution in [0.3, 0.4) is 0 Å². The van der Waals surface area contributed by atoms with Crippen molar-refractivity contribution in [2.75, 3.05) is 78.8 Å². The Morgan fingerprint density at radius 1 is 0.610 bits per heavy atom. The van der Waals surface area contributed by atoms with Crippen LogP contribution in [0.4, 0.5) is 31.1 Å². The van der Waals surface area contributed by atoms with Crippen molar-refractivity contribution in [1.29, 1.82) is 0 Å². The highest BCUT2D eigenvalue weighted by molar-refractivity contribution is 6.00. The normalized spacial score (nSPS) is 17.7. The first-order valence-corrected chi connectivity index (χ1v) is 26.9. The minimum Gasteiger partial charge on any atom is -0.444 e. The molecule has 2 atom stereocenters. The van der Waals surface area contributed by atoms with Crippen LogP contribution in [0.5, 0.6) is 11.5 Å². The van der Waals surface area contributed by atoms with E-state index in [2.05, 4.69) is 47.4 Å². The number of nitrogens with two attached hydrogens (primary N) is 1. The highest BCUT2D eigenvalue weighted by Crippen LogP contribution is 2.43. The summed E-state index contributed by atoms with van der Waals surface area (Å²) in [7, 11) is 0.